The van der Waals surface area contributed by atoms with E-state index in [4.69, 9.17) is 9.72 Å². The number of likely N-dealkylation sites (N-methyl/N-ethyl adjacent to an activating group) is 1. The first-order valence-electron chi connectivity index (χ1n) is 10.6. The highest BCUT2D eigenvalue weighted by Crippen LogP contribution is 2.33. The zero-order valence-electron chi connectivity index (χ0n) is 18.4. The monoisotopic (exact) mass is 524 g/mol. The van der Waals surface area contributed by atoms with Crippen molar-refractivity contribution in [2.75, 3.05) is 43.2 Å². The zero-order chi connectivity index (χ0) is 23.2. The molecular formula is C25H25BrN4O2S. The van der Waals surface area contributed by atoms with Gasteiger partial charge in [-0.3, -0.25) is 4.79 Å². The van der Waals surface area contributed by atoms with Gasteiger partial charge in [0.05, 0.1) is 17.7 Å². The smallest absolute Gasteiger partial charge is 0.250 e. The number of nitrogens with zero attached hydrogens (tertiary/aromatic N) is 4. The molecule has 4 rings (SSSR count). The number of carbonyl (C=O) groups is 1. The number of hydrogen-bond acceptors (Lipinski definition) is 6. The number of benzene rings is 2. The molecule has 170 valence electrons. The van der Waals surface area contributed by atoms with E-state index in [0.29, 0.717) is 6.42 Å². The summed E-state index contributed by atoms with van der Waals surface area (Å²) in [7, 11) is 1.73. The van der Waals surface area contributed by atoms with Gasteiger partial charge in [-0.1, -0.05) is 30.5 Å². The number of anilines is 2. The van der Waals surface area contributed by atoms with Crippen LogP contribution in [0.2, 0.25) is 0 Å². The lowest BCUT2D eigenvalue weighted by Crippen LogP contribution is -2.36. The van der Waals surface area contributed by atoms with Gasteiger partial charge in [-0.15, -0.1) is 0 Å². The Bertz CT molecular complexity index is 1120. The van der Waals surface area contributed by atoms with E-state index in [1.54, 1.807) is 29.9 Å². The van der Waals surface area contributed by atoms with Gasteiger partial charge in [0.1, 0.15) is 10.9 Å². The third kappa shape index (κ3) is 6.01. The maximum atomic E-state index is 11.8. The molecule has 0 N–H and O–H groups in total. The highest BCUT2D eigenvalue weighted by atomic mass is 79.9. The summed E-state index contributed by atoms with van der Waals surface area (Å²) in [5.74, 6) is 0.629. The van der Waals surface area contributed by atoms with E-state index in [-0.39, 0.29) is 5.91 Å². The molecule has 1 amide bonds. The predicted octanol–water partition coefficient (Wildman–Crippen LogP) is 4.97. The molecule has 8 heteroatoms. The molecular weight excluding hydrogens is 500 g/mol. The molecule has 0 aliphatic carbocycles. The normalized spacial score (nSPS) is 13.6. The van der Waals surface area contributed by atoms with Crippen molar-refractivity contribution in [2.45, 2.75) is 16.3 Å². The molecule has 6 nitrogen and oxygen atoms in total. The number of hydrogen-bond donors (Lipinski definition) is 0. The number of amides is 1. The zero-order valence-corrected chi connectivity index (χ0v) is 20.8. The summed E-state index contributed by atoms with van der Waals surface area (Å²) in [4.78, 5) is 26.0. The van der Waals surface area contributed by atoms with Crippen molar-refractivity contribution >= 4 is 45.0 Å². The highest BCUT2D eigenvalue weighted by Gasteiger charge is 2.13. The topological polar surface area (TPSA) is 58.6 Å². The van der Waals surface area contributed by atoms with Crippen LogP contribution in [0.4, 0.5) is 11.4 Å². The summed E-state index contributed by atoms with van der Waals surface area (Å²) < 4.78 is 6.28. The molecule has 2 heterocycles. The minimum Gasteiger partial charge on any atom is -0.378 e. The van der Waals surface area contributed by atoms with Gasteiger partial charge in [-0.05, 0) is 64.0 Å². The number of carbonyl (C=O) groups excluding carboxylic acids is 1. The highest BCUT2D eigenvalue weighted by molar-refractivity contribution is 9.10. The molecule has 1 fully saturated rings. The van der Waals surface area contributed by atoms with E-state index in [0.717, 1.165) is 52.2 Å². The fourth-order valence-corrected chi connectivity index (χ4v) is 4.72. The summed E-state index contributed by atoms with van der Waals surface area (Å²) in [5.41, 5.74) is 3.20. The second-order valence-electron chi connectivity index (χ2n) is 7.58. The number of rotatable bonds is 7. The Morgan fingerprint density at radius 3 is 2.55 bits per heavy atom. The SMILES string of the molecule is C=CC(=O)N(C)c1ccc(Sc2nc(Cc3ccc(N4CCOCC4)cc3)ncc2Br)cc1. The largest absolute Gasteiger partial charge is 0.378 e. The van der Waals surface area contributed by atoms with E-state index < -0.39 is 0 Å². The molecule has 0 saturated carbocycles. The van der Waals surface area contributed by atoms with Crippen LogP contribution in [0.3, 0.4) is 0 Å². The van der Waals surface area contributed by atoms with Gasteiger partial charge >= 0.3 is 0 Å². The van der Waals surface area contributed by atoms with Gasteiger partial charge in [0.2, 0.25) is 5.91 Å². The Morgan fingerprint density at radius 1 is 1.18 bits per heavy atom. The van der Waals surface area contributed by atoms with Gasteiger partial charge in [0.25, 0.3) is 0 Å². The van der Waals surface area contributed by atoms with E-state index >= 15 is 0 Å². The lowest BCUT2D eigenvalue weighted by Gasteiger charge is -2.28. The Morgan fingerprint density at radius 2 is 1.88 bits per heavy atom. The van der Waals surface area contributed by atoms with Crippen molar-refractivity contribution in [2.24, 2.45) is 0 Å². The maximum absolute atomic E-state index is 11.8. The molecule has 1 saturated heterocycles. The van der Waals surface area contributed by atoms with Crippen molar-refractivity contribution in [1.82, 2.24) is 9.97 Å². The molecule has 0 spiro atoms. The van der Waals surface area contributed by atoms with Crippen LogP contribution in [0.5, 0.6) is 0 Å². The van der Waals surface area contributed by atoms with Crippen molar-refractivity contribution in [3.05, 3.63) is 83.2 Å². The van der Waals surface area contributed by atoms with E-state index in [1.807, 2.05) is 24.3 Å². The van der Waals surface area contributed by atoms with Crippen LogP contribution >= 0.6 is 27.7 Å². The lowest BCUT2D eigenvalue weighted by molar-refractivity contribution is -0.113. The molecule has 2 aromatic carbocycles. The van der Waals surface area contributed by atoms with Crippen LogP contribution in [0.1, 0.15) is 11.4 Å². The Labute approximate surface area is 206 Å². The standard InChI is InChI=1S/C25H25BrN4O2S/c1-3-24(31)29(2)19-8-10-21(11-9-19)33-25-22(26)17-27-23(28-25)16-18-4-6-20(7-5-18)30-12-14-32-15-13-30/h3-11,17H,1,12-16H2,2H3. The minimum atomic E-state index is -0.142. The van der Waals surface area contributed by atoms with Gasteiger partial charge in [-0.2, -0.15) is 0 Å². The van der Waals surface area contributed by atoms with Crippen LogP contribution in [-0.2, 0) is 16.0 Å². The second-order valence-corrected chi connectivity index (χ2v) is 9.50. The molecule has 3 aromatic rings. The summed E-state index contributed by atoms with van der Waals surface area (Å²) in [6.45, 7) is 6.95. The van der Waals surface area contributed by atoms with E-state index in [1.165, 1.54) is 17.3 Å². The third-order valence-corrected chi connectivity index (χ3v) is 7.24. The number of halogens is 1. The van der Waals surface area contributed by atoms with Crippen molar-refractivity contribution in [1.29, 1.82) is 0 Å². The van der Waals surface area contributed by atoms with Gasteiger partial charge < -0.3 is 14.5 Å². The first kappa shape index (κ1) is 23.5. The van der Waals surface area contributed by atoms with E-state index in [2.05, 4.69) is 56.7 Å². The van der Waals surface area contributed by atoms with Crippen LogP contribution in [0.25, 0.3) is 0 Å². The van der Waals surface area contributed by atoms with Crippen LogP contribution < -0.4 is 9.80 Å². The molecule has 33 heavy (non-hydrogen) atoms. The van der Waals surface area contributed by atoms with Crippen molar-refractivity contribution in [3.8, 4) is 0 Å². The Hall–Kier alpha value is -2.68. The first-order chi connectivity index (χ1) is 16.0. The molecule has 0 bridgehead atoms. The third-order valence-electron chi connectivity index (χ3n) is 5.38. The Kier molecular flexibility index (Phi) is 7.80. The minimum absolute atomic E-state index is 0.142. The molecule has 1 aliphatic rings. The number of morpholine rings is 1. The molecule has 1 aliphatic heterocycles. The van der Waals surface area contributed by atoms with Crippen LogP contribution in [0.15, 0.2) is 81.8 Å². The number of aromatic nitrogens is 2. The van der Waals surface area contributed by atoms with Crippen LogP contribution in [-0.4, -0.2) is 49.2 Å². The molecule has 0 radical (unpaired) electrons. The molecule has 1 aromatic heterocycles. The van der Waals surface area contributed by atoms with Crippen molar-refractivity contribution < 1.29 is 9.53 Å². The van der Waals surface area contributed by atoms with Gasteiger partial charge in [0, 0.05) is 49.0 Å². The number of ether oxygens (including phenoxy) is 1. The summed E-state index contributed by atoms with van der Waals surface area (Å²) in [5, 5.41) is 0.855. The fraction of sp³-hybridized carbons (Fsp3) is 0.240. The average Bonchev–Trinajstić information content (AvgIpc) is 2.86. The quantitative estimate of drug-likeness (QED) is 0.321. The lowest BCUT2D eigenvalue weighted by atomic mass is 10.1. The maximum Gasteiger partial charge on any atom is 0.250 e. The summed E-state index contributed by atoms with van der Waals surface area (Å²) >= 11 is 5.12. The molecule has 0 unspecified atom stereocenters. The summed E-state index contributed by atoms with van der Waals surface area (Å²) in [6, 6.07) is 16.4. The fourth-order valence-electron chi connectivity index (χ4n) is 3.48. The first-order valence-corrected chi connectivity index (χ1v) is 12.3. The van der Waals surface area contributed by atoms with Crippen molar-refractivity contribution in [3.63, 3.8) is 0 Å². The predicted molar refractivity (Wildman–Crippen MR) is 136 cm³/mol. The average molecular weight is 525 g/mol. The van der Waals surface area contributed by atoms with Gasteiger partial charge in [0.15, 0.2) is 0 Å². The van der Waals surface area contributed by atoms with Gasteiger partial charge in [-0.25, -0.2) is 9.97 Å². The van der Waals surface area contributed by atoms with Crippen LogP contribution in [0, 0.1) is 0 Å². The summed E-state index contributed by atoms with van der Waals surface area (Å²) in [6.07, 6.45) is 3.77. The molecule has 0 atom stereocenters. The Balaban J connectivity index is 1.43. The van der Waals surface area contributed by atoms with E-state index in [9.17, 15) is 4.79 Å². The second kappa shape index (κ2) is 11.0.